The van der Waals surface area contributed by atoms with E-state index in [1.54, 1.807) is 30.2 Å². The number of hydrogen-bond donors (Lipinski definition) is 3. The van der Waals surface area contributed by atoms with Crippen LogP contribution < -0.4 is 16.4 Å². The van der Waals surface area contributed by atoms with E-state index in [9.17, 15) is 4.79 Å². The Morgan fingerprint density at radius 2 is 1.91 bits per heavy atom. The fourth-order valence-electron chi connectivity index (χ4n) is 3.29. The van der Waals surface area contributed by atoms with Gasteiger partial charge < -0.3 is 16.4 Å². The number of nitrogens with two attached hydrogens (primary N) is 1. The number of carbonyl (C=O) groups excluding carboxylic acids is 1. The molecule has 0 bridgehead atoms. The van der Waals surface area contributed by atoms with Crippen LogP contribution in [0.4, 0.5) is 23.1 Å². The van der Waals surface area contributed by atoms with Gasteiger partial charge in [0, 0.05) is 47.5 Å². The van der Waals surface area contributed by atoms with Crippen molar-refractivity contribution < 1.29 is 4.79 Å². The average Bonchev–Trinajstić information content (AvgIpc) is 3.04. The van der Waals surface area contributed by atoms with Gasteiger partial charge in [-0.05, 0) is 36.8 Å². The first-order chi connectivity index (χ1) is 15.1. The molecule has 32 heavy (non-hydrogen) atoms. The monoisotopic (exact) mass is 430 g/mol. The summed E-state index contributed by atoms with van der Waals surface area (Å²) in [4.78, 5) is 25.6. The number of nitrogens with one attached hydrogen (secondary N) is 2. The van der Waals surface area contributed by atoms with Gasteiger partial charge in [-0.15, -0.1) is 0 Å². The minimum atomic E-state index is -0.195. The van der Waals surface area contributed by atoms with Gasteiger partial charge >= 0.3 is 0 Å². The summed E-state index contributed by atoms with van der Waals surface area (Å²) in [6, 6.07) is 9.21. The molecule has 0 aliphatic rings. The summed E-state index contributed by atoms with van der Waals surface area (Å²) >= 11 is 0. The number of amides is 1. The number of rotatable bonds is 4. The Bertz CT molecular complexity index is 1320. The van der Waals surface area contributed by atoms with Gasteiger partial charge in [-0.25, -0.2) is 9.67 Å². The SMILES string of the molecule is Cc1ccc(NC(=O)c2ccnc(C(C)(C)C)c2)cc1Nc1nn(C)c2nc(N)ncc12. The Labute approximate surface area is 186 Å². The topological polar surface area (TPSA) is 124 Å². The maximum atomic E-state index is 12.9. The number of fused-ring (bicyclic) bond motifs is 1. The van der Waals surface area contributed by atoms with Gasteiger partial charge in [-0.2, -0.15) is 10.1 Å². The zero-order chi connectivity index (χ0) is 23.0. The predicted octanol–water partition coefficient (Wildman–Crippen LogP) is 3.94. The Kier molecular flexibility index (Phi) is 5.25. The zero-order valence-corrected chi connectivity index (χ0v) is 18.8. The van der Waals surface area contributed by atoms with E-state index in [0.29, 0.717) is 22.7 Å². The standard InChI is InChI=1S/C23H26N8O/c1-13-6-7-15(27-21(32)14-8-9-25-18(10-14)23(2,3)4)11-17(13)28-19-16-12-26-22(24)29-20(16)31(5)30-19/h6-12H,1-5H3,(H,27,32)(H,28,30)(H2,24,26,29). The van der Waals surface area contributed by atoms with Crippen molar-refractivity contribution in [3.63, 3.8) is 0 Å². The maximum Gasteiger partial charge on any atom is 0.255 e. The van der Waals surface area contributed by atoms with Crippen molar-refractivity contribution in [3.05, 3.63) is 59.5 Å². The van der Waals surface area contributed by atoms with Crippen molar-refractivity contribution in [2.45, 2.75) is 33.1 Å². The van der Waals surface area contributed by atoms with Gasteiger partial charge in [0.05, 0.1) is 5.39 Å². The van der Waals surface area contributed by atoms with Crippen LogP contribution in [0.25, 0.3) is 11.0 Å². The first kappa shape index (κ1) is 21.2. The van der Waals surface area contributed by atoms with Crippen LogP contribution in [-0.4, -0.2) is 30.6 Å². The fraction of sp³-hybridized carbons (Fsp3) is 0.261. The molecule has 4 aromatic rings. The summed E-state index contributed by atoms with van der Waals surface area (Å²) in [6.45, 7) is 8.17. The highest BCUT2D eigenvalue weighted by Gasteiger charge is 2.18. The highest BCUT2D eigenvalue weighted by Crippen LogP contribution is 2.28. The molecule has 164 valence electrons. The zero-order valence-electron chi connectivity index (χ0n) is 18.8. The average molecular weight is 431 g/mol. The summed E-state index contributed by atoms with van der Waals surface area (Å²) < 4.78 is 1.65. The van der Waals surface area contributed by atoms with E-state index < -0.39 is 0 Å². The molecule has 9 heteroatoms. The van der Waals surface area contributed by atoms with Crippen LogP contribution >= 0.6 is 0 Å². The van der Waals surface area contributed by atoms with Crippen molar-refractivity contribution in [2.75, 3.05) is 16.4 Å². The highest BCUT2D eigenvalue weighted by atomic mass is 16.1. The van der Waals surface area contributed by atoms with Crippen LogP contribution in [0, 0.1) is 6.92 Å². The molecule has 1 aromatic carbocycles. The molecule has 0 unspecified atom stereocenters. The first-order valence-corrected chi connectivity index (χ1v) is 10.2. The van der Waals surface area contributed by atoms with E-state index in [1.807, 2.05) is 31.2 Å². The molecule has 0 radical (unpaired) electrons. The van der Waals surface area contributed by atoms with E-state index in [1.165, 1.54) is 0 Å². The Morgan fingerprint density at radius 3 is 2.66 bits per heavy atom. The molecule has 1 amide bonds. The third-order valence-electron chi connectivity index (χ3n) is 5.14. The summed E-state index contributed by atoms with van der Waals surface area (Å²) in [7, 11) is 1.80. The van der Waals surface area contributed by atoms with Crippen LogP contribution in [-0.2, 0) is 12.5 Å². The number of pyridine rings is 1. The van der Waals surface area contributed by atoms with Crippen molar-refractivity contribution in [2.24, 2.45) is 7.05 Å². The van der Waals surface area contributed by atoms with Crippen LogP contribution in [0.2, 0.25) is 0 Å². The normalized spacial score (nSPS) is 11.5. The quantitative estimate of drug-likeness (QED) is 0.448. The molecule has 0 fully saturated rings. The number of aryl methyl sites for hydroxylation is 2. The summed E-state index contributed by atoms with van der Waals surface area (Å²) in [5.41, 5.74) is 10.1. The molecule has 9 nitrogen and oxygen atoms in total. The largest absolute Gasteiger partial charge is 0.368 e. The minimum Gasteiger partial charge on any atom is -0.368 e. The van der Waals surface area contributed by atoms with Gasteiger partial charge in [0.2, 0.25) is 5.95 Å². The number of nitrogens with zero attached hydrogens (tertiary/aromatic N) is 5. The van der Waals surface area contributed by atoms with Crippen LogP contribution in [0.1, 0.15) is 42.4 Å². The number of benzene rings is 1. The molecule has 0 saturated heterocycles. The lowest BCUT2D eigenvalue weighted by Crippen LogP contribution is -2.17. The van der Waals surface area contributed by atoms with E-state index in [0.717, 1.165) is 22.3 Å². The van der Waals surface area contributed by atoms with E-state index >= 15 is 0 Å². The van der Waals surface area contributed by atoms with Gasteiger partial charge in [-0.3, -0.25) is 9.78 Å². The predicted molar refractivity (Wildman–Crippen MR) is 126 cm³/mol. The molecular weight excluding hydrogens is 404 g/mol. The van der Waals surface area contributed by atoms with Crippen molar-refractivity contribution in [1.82, 2.24) is 24.7 Å². The van der Waals surface area contributed by atoms with Gasteiger partial charge in [-0.1, -0.05) is 26.8 Å². The number of carbonyl (C=O) groups is 1. The van der Waals surface area contributed by atoms with Gasteiger partial charge in [0.25, 0.3) is 5.91 Å². The molecule has 4 rings (SSSR count). The summed E-state index contributed by atoms with van der Waals surface area (Å²) in [6.07, 6.45) is 3.31. The number of anilines is 4. The number of nitrogen functional groups attached to an aromatic ring is 1. The van der Waals surface area contributed by atoms with Crippen molar-refractivity contribution in [3.8, 4) is 0 Å². The lowest BCUT2D eigenvalue weighted by molar-refractivity contribution is 0.102. The molecule has 3 aromatic heterocycles. The van der Waals surface area contributed by atoms with Crippen molar-refractivity contribution in [1.29, 1.82) is 0 Å². The van der Waals surface area contributed by atoms with E-state index in [2.05, 4.69) is 51.5 Å². The summed E-state index contributed by atoms with van der Waals surface area (Å²) in [5, 5.41) is 11.5. The van der Waals surface area contributed by atoms with Crippen LogP contribution in [0.15, 0.2) is 42.7 Å². The number of hydrogen-bond acceptors (Lipinski definition) is 7. The molecule has 0 atom stereocenters. The first-order valence-electron chi connectivity index (χ1n) is 10.2. The van der Waals surface area contributed by atoms with Gasteiger partial charge in [0.1, 0.15) is 0 Å². The fourth-order valence-corrected chi connectivity index (χ4v) is 3.29. The summed E-state index contributed by atoms with van der Waals surface area (Å²) in [5.74, 6) is 0.608. The third kappa shape index (κ3) is 4.22. The lowest BCUT2D eigenvalue weighted by Gasteiger charge is -2.18. The Balaban J connectivity index is 1.59. The van der Waals surface area contributed by atoms with Gasteiger partial charge in [0.15, 0.2) is 11.5 Å². The highest BCUT2D eigenvalue weighted by molar-refractivity contribution is 6.04. The van der Waals surface area contributed by atoms with Crippen molar-refractivity contribution >= 4 is 40.1 Å². The molecule has 0 spiro atoms. The molecule has 0 saturated carbocycles. The lowest BCUT2D eigenvalue weighted by atomic mass is 9.91. The Hall–Kier alpha value is -4.01. The van der Waals surface area contributed by atoms with E-state index in [4.69, 9.17) is 5.73 Å². The van der Waals surface area contributed by atoms with E-state index in [-0.39, 0.29) is 17.3 Å². The number of aromatic nitrogens is 5. The van der Waals surface area contributed by atoms with Crippen LogP contribution in [0.3, 0.4) is 0 Å². The molecule has 3 heterocycles. The molecule has 0 aliphatic carbocycles. The molecular formula is C23H26N8O. The Morgan fingerprint density at radius 1 is 1.12 bits per heavy atom. The second-order valence-corrected chi connectivity index (χ2v) is 8.73. The molecule has 4 N–H and O–H groups in total. The smallest absolute Gasteiger partial charge is 0.255 e. The second kappa shape index (κ2) is 7.92. The molecule has 0 aliphatic heterocycles. The third-order valence-corrected chi connectivity index (χ3v) is 5.14. The minimum absolute atomic E-state index is 0.142. The second-order valence-electron chi connectivity index (χ2n) is 8.73. The van der Waals surface area contributed by atoms with Crippen LogP contribution in [0.5, 0.6) is 0 Å². The maximum absolute atomic E-state index is 12.9.